The van der Waals surface area contributed by atoms with E-state index in [-0.39, 0.29) is 29.7 Å². The van der Waals surface area contributed by atoms with Crippen molar-refractivity contribution in [2.24, 2.45) is 0 Å². The third kappa shape index (κ3) is 4.67. The van der Waals surface area contributed by atoms with Crippen LogP contribution in [-0.4, -0.2) is 19.5 Å². The van der Waals surface area contributed by atoms with Crippen LogP contribution in [0.15, 0.2) is 174 Å². The Bertz CT molecular complexity index is 3070. The highest BCUT2D eigenvalue weighted by Crippen LogP contribution is 2.37. The Labute approximate surface area is 294 Å². The molecule has 0 aliphatic carbocycles. The van der Waals surface area contributed by atoms with Gasteiger partial charge in [-0.1, -0.05) is 127 Å². The number of rotatable bonds is 5. The summed E-state index contributed by atoms with van der Waals surface area (Å²) in [5.41, 5.74) is 7.70. The van der Waals surface area contributed by atoms with E-state index >= 15 is 0 Å². The standard InChI is InChI=1S/C45H28N4O/c1-3-11-29(12-4-1)30-19-21-32(22-20-30)44-46-43(31-13-5-2-6-14-31)47-45(48-44)33-23-25-37-38-28-34(24-26-41(38)50-42(37)27-33)49-39-17-9-7-15-35(39)36-16-8-10-18-40(36)49/h1-28H/i1D,3D,4D,11D,12D. The van der Waals surface area contributed by atoms with Gasteiger partial charge in [-0.15, -0.1) is 0 Å². The van der Waals surface area contributed by atoms with Crippen LogP contribution in [0.2, 0.25) is 0 Å². The lowest BCUT2D eigenvalue weighted by molar-refractivity contribution is 0.669. The largest absolute Gasteiger partial charge is 0.456 e. The lowest BCUT2D eigenvalue weighted by Crippen LogP contribution is -2.00. The molecule has 5 nitrogen and oxygen atoms in total. The predicted octanol–water partition coefficient (Wildman–Crippen LogP) is 11.5. The molecular weight excluding hydrogens is 613 g/mol. The molecule has 0 radical (unpaired) electrons. The summed E-state index contributed by atoms with van der Waals surface area (Å²) in [6.45, 7) is 0. The molecule has 234 valence electrons. The number of hydrogen-bond donors (Lipinski definition) is 0. The van der Waals surface area contributed by atoms with Gasteiger partial charge in [0.2, 0.25) is 0 Å². The molecule has 0 aliphatic rings. The lowest BCUT2D eigenvalue weighted by atomic mass is 10.0. The molecule has 7 aromatic carbocycles. The molecule has 0 saturated heterocycles. The number of para-hydroxylation sites is 2. The summed E-state index contributed by atoms with van der Waals surface area (Å²) in [5, 5.41) is 4.39. The molecule has 0 aliphatic heterocycles. The Hall–Kier alpha value is -6.85. The van der Waals surface area contributed by atoms with Crippen LogP contribution < -0.4 is 0 Å². The highest BCUT2D eigenvalue weighted by molar-refractivity contribution is 6.10. The second kappa shape index (κ2) is 11.4. The molecule has 5 heteroatoms. The van der Waals surface area contributed by atoms with Crippen molar-refractivity contribution in [3.8, 4) is 51.0 Å². The minimum atomic E-state index is -0.425. The second-order valence-electron chi connectivity index (χ2n) is 12.1. The molecular formula is C45H28N4O. The third-order valence-electron chi connectivity index (χ3n) is 9.15. The average Bonchev–Trinajstić information content (AvgIpc) is 3.77. The first-order valence-electron chi connectivity index (χ1n) is 18.8. The summed E-state index contributed by atoms with van der Waals surface area (Å²) in [5.74, 6) is 1.39. The van der Waals surface area contributed by atoms with Crippen LogP contribution in [0.1, 0.15) is 6.85 Å². The number of furan rings is 1. The molecule has 0 atom stereocenters. The van der Waals surface area contributed by atoms with Gasteiger partial charge in [0.05, 0.1) is 17.9 Å². The zero-order valence-corrected chi connectivity index (χ0v) is 26.5. The summed E-state index contributed by atoms with van der Waals surface area (Å²) in [4.78, 5) is 14.7. The van der Waals surface area contributed by atoms with Crippen molar-refractivity contribution in [3.05, 3.63) is 170 Å². The van der Waals surface area contributed by atoms with Gasteiger partial charge in [0, 0.05) is 43.9 Å². The van der Waals surface area contributed by atoms with Gasteiger partial charge in [-0.3, -0.25) is 0 Å². The summed E-state index contributed by atoms with van der Waals surface area (Å²) in [6, 6.07) is 44.3. The monoisotopic (exact) mass is 645 g/mol. The zero-order valence-electron chi connectivity index (χ0n) is 31.5. The summed E-state index contributed by atoms with van der Waals surface area (Å²) in [6.07, 6.45) is 0. The molecule has 10 aromatic rings. The summed E-state index contributed by atoms with van der Waals surface area (Å²) < 4.78 is 49.7. The highest BCUT2D eigenvalue weighted by atomic mass is 16.3. The number of hydrogen-bond acceptors (Lipinski definition) is 4. The number of benzene rings is 7. The van der Waals surface area contributed by atoms with Crippen molar-refractivity contribution in [1.29, 1.82) is 0 Å². The van der Waals surface area contributed by atoms with Gasteiger partial charge in [0.1, 0.15) is 11.2 Å². The molecule has 10 rings (SSSR count). The van der Waals surface area contributed by atoms with Gasteiger partial charge in [-0.2, -0.15) is 0 Å². The molecule has 0 spiro atoms. The van der Waals surface area contributed by atoms with Crippen LogP contribution in [0.4, 0.5) is 0 Å². The topological polar surface area (TPSA) is 56.7 Å². The van der Waals surface area contributed by atoms with Gasteiger partial charge in [-0.05, 0) is 53.6 Å². The van der Waals surface area contributed by atoms with E-state index in [9.17, 15) is 0 Å². The van der Waals surface area contributed by atoms with Crippen LogP contribution in [0, 0.1) is 0 Å². The minimum Gasteiger partial charge on any atom is -0.456 e. The maximum absolute atomic E-state index is 8.42. The van der Waals surface area contributed by atoms with Crippen LogP contribution in [0.3, 0.4) is 0 Å². The van der Waals surface area contributed by atoms with Crippen molar-refractivity contribution in [3.63, 3.8) is 0 Å². The maximum atomic E-state index is 8.42. The van der Waals surface area contributed by atoms with E-state index in [2.05, 4.69) is 65.2 Å². The van der Waals surface area contributed by atoms with E-state index in [1.165, 1.54) is 10.8 Å². The van der Waals surface area contributed by atoms with Gasteiger partial charge in [0.15, 0.2) is 17.5 Å². The quantitative estimate of drug-likeness (QED) is 0.187. The smallest absolute Gasteiger partial charge is 0.164 e. The molecule has 0 saturated carbocycles. The van der Waals surface area contributed by atoms with E-state index < -0.39 is 6.04 Å². The van der Waals surface area contributed by atoms with E-state index in [1.807, 2.05) is 54.6 Å². The van der Waals surface area contributed by atoms with Gasteiger partial charge >= 0.3 is 0 Å². The third-order valence-corrected chi connectivity index (χ3v) is 9.15. The molecule has 0 amide bonds. The Morgan fingerprint density at radius 2 is 1.00 bits per heavy atom. The van der Waals surface area contributed by atoms with Gasteiger partial charge in [-0.25, -0.2) is 15.0 Å². The Morgan fingerprint density at radius 1 is 0.420 bits per heavy atom. The Kier molecular flexibility index (Phi) is 5.35. The fourth-order valence-electron chi connectivity index (χ4n) is 6.77. The number of aromatic nitrogens is 4. The van der Waals surface area contributed by atoms with Crippen molar-refractivity contribution in [2.75, 3.05) is 0 Å². The van der Waals surface area contributed by atoms with Crippen molar-refractivity contribution < 1.29 is 11.3 Å². The lowest BCUT2D eigenvalue weighted by Gasteiger charge is -2.09. The molecule has 0 bridgehead atoms. The summed E-state index contributed by atoms with van der Waals surface area (Å²) >= 11 is 0. The Morgan fingerprint density at radius 3 is 1.70 bits per heavy atom. The van der Waals surface area contributed by atoms with Crippen molar-refractivity contribution in [1.82, 2.24) is 19.5 Å². The van der Waals surface area contributed by atoms with E-state index in [0.29, 0.717) is 34.2 Å². The SMILES string of the molecule is [2H]c1c([2H])c([2H])c(-c2ccc(-c3nc(-c4ccccc4)nc(-c4ccc5c(c4)oc4ccc(-n6c7ccccc7c7ccccc76)cc45)n3)cc2)c([2H])c1[2H]. The first kappa shape index (κ1) is 23.5. The molecule has 3 heterocycles. The minimum absolute atomic E-state index is 0.139. The van der Waals surface area contributed by atoms with Crippen LogP contribution in [-0.2, 0) is 0 Å². The fraction of sp³-hybridized carbons (Fsp3) is 0. The number of fused-ring (bicyclic) bond motifs is 6. The maximum Gasteiger partial charge on any atom is 0.164 e. The van der Waals surface area contributed by atoms with Crippen molar-refractivity contribution in [2.45, 2.75) is 0 Å². The van der Waals surface area contributed by atoms with Crippen LogP contribution in [0.25, 0.3) is 94.7 Å². The Balaban J connectivity index is 1.08. The first-order valence-corrected chi connectivity index (χ1v) is 16.3. The molecule has 3 aromatic heterocycles. The average molecular weight is 646 g/mol. The van der Waals surface area contributed by atoms with Crippen molar-refractivity contribution >= 4 is 43.7 Å². The molecule has 0 fully saturated rings. The van der Waals surface area contributed by atoms with E-state index in [0.717, 1.165) is 44.2 Å². The second-order valence-corrected chi connectivity index (χ2v) is 12.1. The number of nitrogens with zero attached hydrogens (tertiary/aromatic N) is 4. The molecule has 0 N–H and O–H groups in total. The molecule has 0 unspecified atom stereocenters. The van der Waals surface area contributed by atoms with Crippen LogP contribution in [0.5, 0.6) is 0 Å². The zero-order chi connectivity index (χ0) is 37.4. The van der Waals surface area contributed by atoms with E-state index in [4.69, 9.17) is 26.2 Å². The van der Waals surface area contributed by atoms with Gasteiger partial charge < -0.3 is 8.98 Å². The van der Waals surface area contributed by atoms with E-state index in [1.54, 1.807) is 24.3 Å². The normalized spacial score (nSPS) is 13.0. The van der Waals surface area contributed by atoms with Gasteiger partial charge in [0.25, 0.3) is 0 Å². The predicted molar refractivity (Wildman–Crippen MR) is 203 cm³/mol. The highest BCUT2D eigenvalue weighted by Gasteiger charge is 2.17. The molecule has 50 heavy (non-hydrogen) atoms. The fourth-order valence-corrected chi connectivity index (χ4v) is 6.77. The first-order chi connectivity index (χ1) is 26.8. The summed E-state index contributed by atoms with van der Waals surface area (Å²) in [7, 11) is 0. The van der Waals surface area contributed by atoms with Crippen LogP contribution >= 0.6 is 0 Å².